The van der Waals surface area contributed by atoms with Gasteiger partial charge in [0.15, 0.2) is 9.84 Å². The van der Waals surface area contributed by atoms with E-state index in [-0.39, 0.29) is 16.2 Å². The van der Waals surface area contributed by atoms with E-state index in [1.165, 1.54) is 44.1 Å². The van der Waals surface area contributed by atoms with Crippen LogP contribution in [-0.2, 0) is 15.3 Å². The maximum Gasteiger partial charge on any atom is 0.250 e. The van der Waals surface area contributed by atoms with Gasteiger partial charge in [0.1, 0.15) is 5.75 Å². The standard InChI is InChI=1S/C32H44O3SSi/c1-23(14-15-36(33,34)28-10-8-7-9-11-28)27-12-13-30(35-37(5,6)31(2,3)4)29(19-27)32-20-24-16-25(21-32)18-26(17-24)22-32/h7-14,19,24-26H,15-18,20-22H2,1-6H3. The molecule has 2 aromatic carbocycles. The van der Waals surface area contributed by atoms with Crippen molar-refractivity contribution in [1.29, 1.82) is 0 Å². The summed E-state index contributed by atoms with van der Waals surface area (Å²) in [5.74, 6) is 3.65. The summed E-state index contributed by atoms with van der Waals surface area (Å²) in [5.41, 5.74) is 3.74. The molecule has 0 unspecified atom stereocenters. The zero-order chi connectivity index (χ0) is 26.6. The zero-order valence-corrected chi connectivity index (χ0v) is 25.3. The Balaban J connectivity index is 1.51. The maximum absolute atomic E-state index is 12.9. The molecular weight excluding hydrogens is 493 g/mol. The van der Waals surface area contributed by atoms with E-state index < -0.39 is 18.2 Å². The molecular formula is C32H44O3SSi. The molecule has 6 rings (SSSR count). The van der Waals surface area contributed by atoms with Crippen molar-refractivity contribution >= 4 is 23.7 Å². The highest BCUT2D eigenvalue weighted by molar-refractivity contribution is 7.91. The lowest BCUT2D eigenvalue weighted by Gasteiger charge is -2.57. The number of hydrogen-bond donors (Lipinski definition) is 0. The summed E-state index contributed by atoms with van der Waals surface area (Å²) in [6, 6.07) is 15.5. The number of rotatable bonds is 7. The molecule has 0 saturated heterocycles. The minimum Gasteiger partial charge on any atom is -0.543 e. The van der Waals surface area contributed by atoms with Crippen molar-refractivity contribution < 1.29 is 12.8 Å². The van der Waals surface area contributed by atoms with E-state index in [2.05, 4.69) is 52.1 Å². The van der Waals surface area contributed by atoms with Crippen LogP contribution < -0.4 is 4.43 Å². The Labute approximate surface area is 225 Å². The molecule has 200 valence electrons. The molecule has 0 spiro atoms. The topological polar surface area (TPSA) is 43.4 Å². The Morgan fingerprint density at radius 2 is 1.54 bits per heavy atom. The molecule has 4 aliphatic rings. The predicted molar refractivity (Wildman–Crippen MR) is 156 cm³/mol. The average molecular weight is 537 g/mol. The summed E-state index contributed by atoms with van der Waals surface area (Å²) < 4.78 is 32.8. The van der Waals surface area contributed by atoms with Crippen LogP contribution in [0.4, 0.5) is 0 Å². The zero-order valence-electron chi connectivity index (χ0n) is 23.5. The van der Waals surface area contributed by atoms with Crippen molar-refractivity contribution in [3.63, 3.8) is 0 Å². The third-order valence-corrected chi connectivity index (χ3v) is 15.9. The maximum atomic E-state index is 12.9. The Morgan fingerprint density at radius 3 is 2.08 bits per heavy atom. The van der Waals surface area contributed by atoms with Gasteiger partial charge in [-0.05, 0) is 128 Å². The van der Waals surface area contributed by atoms with Crippen LogP contribution in [-0.4, -0.2) is 22.5 Å². The Kier molecular flexibility index (Phi) is 6.80. The first-order chi connectivity index (χ1) is 17.3. The van der Waals surface area contributed by atoms with Crippen LogP contribution in [0.5, 0.6) is 5.75 Å². The van der Waals surface area contributed by atoms with Crippen molar-refractivity contribution in [2.45, 2.75) is 94.7 Å². The van der Waals surface area contributed by atoms with E-state index in [0.29, 0.717) is 4.90 Å². The normalized spacial score (nSPS) is 27.9. The highest BCUT2D eigenvalue weighted by Crippen LogP contribution is 2.62. The number of hydrogen-bond acceptors (Lipinski definition) is 3. The van der Waals surface area contributed by atoms with E-state index in [9.17, 15) is 8.42 Å². The van der Waals surface area contributed by atoms with Gasteiger partial charge >= 0.3 is 0 Å². The average Bonchev–Trinajstić information content (AvgIpc) is 2.81. The van der Waals surface area contributed by atoms with E-state index >= 15 is 0 Å². The van der Waals surface area contributed by atoms with Crippen LogP contribution in [0.1, 0.15) is 77.3 Å². The highest BCUT2D eigenvalue weighted by atomic mass is 32.2. The first kappa shape index (κ1) is 26.7. The molecule has 0 atom stereocenters. The summed E-state index contributed by atoms with van der Waals surface area (Å²) in [6.45, 7) is 13.6. The molecule has 4 fully saturated rings. The fourth-order valence-corrected chi connectivity index (χ4v) is 9.49. The minimum atomic E-state index is -3.35. The molecule has 0 aliphatic heterocycles. The molecule has 37 heavy (non-hydrogen) atoms. The molecule has 3 nitrogen and oxygen atoms in total. The van der Waals surface area contributed by atoms with Crippen LogP contribution in [0.15, 0.2) is 59.5 Å². The van der Waals surface area contributed by atoms with Crippen LogP contribution in [0.2, 0.25) is 18.1 Å². The van der Waals surface area contributed by atoms with Crippen molar-refractivity contribution in [2.75, 3.05) is 5.75 Å². The van der Waals surface area contributed by atoms with Gasteiger partial charge < -0.3 is 4.43 Å². The van der Waals surface area contributed by atoms with Gasteiger partial charge in [0, 0.05) is 0 Å². The smallest absolute Gasteiger partial charge is 0.250 e. The van der Waals surface area contributed by atoms with E-state index in [1.54, 1.807) is 24.3 Å². The molecule has 4 saturated carbocycles. The molecule has 0 heterocycles. The second-order valence-electron chi connectivity index (χ2n) is 13.8. The SMILES string of the molecule is CC(=CCS(=O)(=O)c1ccccc1)c1ccc(O[Si](C)(C)C(C)(C)C)c(C23CC4CC(CC(C4)C2)C3)c1. The van der Waals surface area contributed by atoms with E-state index in [1.807, 2.05) is 19.1 Å². The lowest BCUT2D eigenvalue weighted by Crippen LogP contribution is -2.49. The van der Waals surface area contributed by atoms with Gasteiger partial charge in [-0.2, -0.15) is 0 Å². The Hall–Kier alpha value is -1.85. The quantitative estimate of drug-likeness (QED) is 0.334. The van der Waals surface area contributed by atoms with Crippen LogP contribution in [0.25, 0.3) is 5.57 Å². The van der Waals surface area contributed by atoms with E-state index in [0.717, 1.165) is 34.6 Å². The summed E-state index contributed by atoms with van der Waals surface area (Å²) >= 11 is 0. The minimum absolute atomic E-state index is 0.0117. The monoisotopic (exact) mass is 536 g/mol. The van der Waals surface area contributed by atoms with Gasteiger partial charge in [-0.3, -0.25) is 0 Å². The second-order valence-corrected chi connectivity index (χ2v) is 20.5. The van der Waals surface area contributed by atoms with Crippen molar-refractivity contribution in [2.24, 2.45) is 17.8 Å². The lowest BCUT2D eigenvalue weighted by molar-refractivity contribution is -0.00587. The molecule has 4 bridgehead atoms. The molecule has 0 radical (unpaired) electrons. The molecule has 0 aromatic heterocycles. The van der Waals surface area contributed by atoms with Gasteiger partial charge in [0.2, 0.25) is 8.32 Å². The largest absolute Gasteiger partial charge is 0.543 e. The summed E-state index contributed by atoms with van der Waals surface area (Å²) in [4.78, 5) is 0.381. The summed E-state index contributed by atoms with van der Waals surface area (Å²) in [5, 5.41) is 0.131. The predicted octanol–water partition coefficient (Wildman–Crippen LogP) is 8.42. The van der Waals surface area contributed by atoms with Gasteiger partial charge in [0.05, 0.1) is 10.6 Å². The summed E-state index contributed by atoms with van der Waals surface area (Å²) in [6.07, 6.45) is 9.95. The van der Waals surface area contributed by atoms with Crippen molar-refractivity contribution in [3.8, 4) is 5.75 Å². The molecule has 0 amide bonds. The van der Waals surface area contributed by atoms with Crippen LogP contribution >= 0.6 is 0 Å². The molecule has 0 N–H and O–H groups in total. The molecule has 5 heteroatoms. The van der Waals surface area contributed by atoms with Crippen LogP contribution in [0.3, 0.4) is 0 Å². The van der Waals surface area contributed by atoms with Gasteiger partial charge in [-0.25, -0.2) is 8.42 Å². The third kappa shape index (κ3) is 5.23. The fourth-order valence-electron chi connectivity index (χ4n) is 7.22. The fraction of sp³-hybridized carbons (Fsp3) is 0.562. The molecule has 2 aromatic rings. The summed E-state index contributed by atoms with van der Waals surface area (Å²) in [7, 11) is -5.36. The van der Waals surface area contributed by atoms with Crippen molar-refractivity contribution in [1.82, 2.24) is 0 Å². The molecule has 4 aliphatic carbocycles. The highest BCUT2D eigenvalue weighted by Gasteiger charge is 2.53. The third-order valence-electron chi connectivity index (χ3n) is 9.93. The lowest BCUT2D eigenvalue weighted by atomic mass is 9.48. The number of sulfone groups is 1. The first-order valence-electron chi connectivity index (χ1n) is 14.1. The Morgan fingerprint density at radius 1 is 0.973 bits per heavy atom. The van der Waals surface area contributed by atoms with Gasteiger partial charge in [-0.15, -0.1) is 0 Å². The number of allylic oxidation sites excluding steroid dienone is 1. The first-order valence-corrected chi connectivity index (χ1v) is 18.6. The Bertz CT molecular complexity index is 1250. The van der Waals surface area contributed by atoms with E-state index in [4.69, 9.17) is 4.43 Å². The van der Waals surface area contributed by atoms with Crippen LogP contribution in [0, 0.1) is 17.8 Å². The number of benzene rings is 2. The second kappa shape index (κ2) is 9.41. The van der Waals surface area contributed by atoms with Gasteiger partial charge in [-0.1, -0.05) is 51.1 Å². The van der Waals surface area contributed by atoms with Crippen molar-refractivity contribution in [3.05, 3.63) is 65.7 Å². The van der Waals surface area contributed by atoms with Gasteiger partial charge in [0.25, 0.3) is 0 Å².